The van der Waals surface area contributed by atoms with E-state index in [1.165, 1.54) is 0 Å². The van der Waals surface area contributed by atoms with Gasteiger partial charge in [0.05, 0.1) is 13.0 Å². The summed E-state index contributed by atoms with van der Waals surface area (Å²) >= 11 is 0. The van der Waals surface area contributed by atoms with Crippen molar-refractivity contribution in [1.29, 1.82) is 0 Å². The van der Waals surface area contributed by atoms with E-state index in [0.717, 1.165) is 39.3 Å². The largest absolute Gasteiger partial charge is 0.466 e. The number of nitrogens with one attached hydrogen (secondary N) is 1. The Morgan fingerprint density at radius 1 is 1.44 bits per heavy atom. The van der Waals surface area contributed by atoms with E-state index in [1.807, 2.05) is 6.92 Å². The molecule has 0 saturated carbocycles. The van der Waals surface area contributed by atoms with E-state index in [1.54, 1.807) is 0 Å². The molecule has 0 aromatic carbocycles. The lowest BCUT2D eigenvalue weighted by molar-refractivity contribution is -0.144. The first kappa shape index (κ1) is 15.4. The van der Waals surface area contributed by atoms with Crippen molar-refractivity contribution in [1.82, 2.24) is 15.1 Å². The van der Waals surface area contributed by atoms with Crippen molar-refractivity contribution in [2.24, 2.45) is 0 Å². The molecule has 18 heavy (non-hydrogen) atoms. The number of likely N-dealkylation sites (N-methyl/N-ethyl adjacent to an activating group) is 1. The van der Waals surface area contributed by atoms with Gasteiger partial charge in [0.25, 0.3) is 0 Å². The molecule has 0 bridgehead atoms. The molecule has 5 nitrogen and oxygen atoms in total. The average Bonchev–Trinajstić information content (AvgIpc) is 2.37. The van der Waals surface area contributed by atoms with E-state index in [0.29, 0.717) is 13.0 Å². The number of carbonyl (C=O) groups excluding carboxylic acids is 1. The molecular formula is C13H27N3O2. The van der Waals surface area contributed by atoms with Gasteiger partial charge in [-0.1, -0.05) is 0 Å². The summed E-state index contributed by atoms with van der Waals surface area (Å²) in [5, 5.41) is 3.35. The molecule has 1 aliphatic heterocycles. The maximum atomic E-state index is 11.4. The summed E-state index contributed by atoms with van der Waals surface area (Å²) in [6.45, 7) is 10.9. The Morgan fingerprint density at radius 3 is 2.72 bits per heavy atom. The van der Waals surface area contributed by atoms with Gasteiger partial charge in [-0.25, -0.2) is 0 Å². The fourth-order valence-corrected chi connectivity index (χ4v) is 2.07. The third kappa shape index (κ3) is 5.80. The SMILES string of the molecule is CCOC(=O)CC(C)N(C)CCN1CCNCC1. The topological polar surface area (TPSA) is 44.8 Å². The highest BCUT2D eigenvalue weighted by Gasteiger charge is 2.16. The van der Waals surface area contributed by atoms with Crippen LogP contribution in [0.1, 0.15) is 20.3 Å². The maximum absolute atomic E-state index is 11.4. The van der Waals surface area contributed by atoms with Crippen LogP contribution in [0, 0.1) is 0 Å². The number of carbonyl (C=O) groups is 1. The van der Waals surface area contributed by atoms with Gasteiger partial charge < -0.3 is 15.0 Å². The van der Waals surface area contributed by atoms with E-state index >= 15 is 0 Å². The van der Waals surface area contributed by atoms with Gasteiger partial charge in [-0.15, -0.1) is 0 Å². The van der Waals surface area contributed by atoms with E-state index in [9.17, 15) is 4.79 Å². The van der Waals surface area contributed by atoms with Gasteiger partial charge >= 0.3 is 5.97 Å². The molecule has 1 fully saturated rings. The van der Waals surface area contributed by atoms with Gasteiger partial charge in [-0.05, 0) is 20.9 Å². The quantitative estimate of drug-likeness (QED) is 0.659. The van der Waals surface area contributed by atoms with Crippen LogP contribution in [0.15, 0.2) is 0 Å². The lowest BCUT2D eigenvalue weighted by atomic mass is 10.2. The van der Waals surface area contributed by atoms with Crippen LogP contribution in [-0.4, -0.2) is 74.7 Å². The smallest absolute Gasteiger partial charge is 0.307 e. The number of hydrogen-bond donors (Lipinski definition) is 1. The summed E-state index contributed by atoms with van der Waals surface area (Å²) in [6, 6.07) is 0.243. The zero-order valence-electron chi connectivity index (χ0n) is 11.9. The molecule has 1 aliphatic rings. The van der Waals surface area contributed by atoms with Crippen molar-refractivity contribution in [3.8, 4) is 0 Å². The van der Waals surface area contributed by atoms with E-state index in [2.05, 4.69) is 29.1 Å². The fourth-order valence-electron chi connectivity index (χ4n) is 2.07. The second-order valence-electron chi connectivity index (χ2n) is 4.93. The number of rotatable bonds is 7. The summed E-state index contributed by atoms with van der Waals surface area (Å²) < 4.78 is 4.97. The Morgan fingerprint density at radius 2 is 2.11 bits per heavy atom. The highest BCUT2D eigenvalue weighted by Crippen LogP contribution is 2.03. The first-order chi connectivity index (χ1) is 8.63. The first-order valence-electron chi connectivity index (χ1n) is 6.92. The number of nitrogens with zero attached hydrogens (tertiary/aromatic N) is 2. The van der Waals surface area contributed by atoms with Crippen LogP contribution in [0.5, 0.6) is 0 Å². The Labute approximate surface area is 110 Å². The molecule has 106 valence electrons. The van der Waals surface area contributed by atoms with Crippen molar-refractivity contribution >= 4 is 5.97 Å². The first-order valence-corrected chi connectivity index (χ1v) is 6.92. The molecule has 1 N–H and O–H groups in total. The molecule has 0 aromatic heterocycles. The van der Waals surface area contributed by atoms with Crippen molar-refractivity contribution in [2.45, 2.75) is 26.3 Å². The number of ether oxygens (including phenoxy) is 1. The number of hydrogen-bond acceptors (Lipinski definition) is 5. The minimum absolute atomic E-state index is 0.0981. The van der Waals surface area contributed by atoms with Gasteiger partial charge in [0.15, 0.2) is 0 Å². The predicted octanol–water partition coefficient (Wildman–Crippen LogP) is 0.165. The molecular weight excluding hydrogens is 230 g/mol. The second kappa shape index (κ2) is 8.45. The minimum Gasteiger partial charge on any atom is -0.466 e. The van der Waals surface area contributed by atoms with Crippen LogP contribution in [0.2, 0.25) is 0 Å². The zero-order chi connectivity index (χ0) is 13.4. The van der Waals surface area contributed by atoms with Crippen LogP contribution in [0.3, 0.4) is 0 Å². The van der Waals surface area contributed by atoms with Crippen molar-refractivity contribution in [2.75, 3.05) is 52.9 Å². The molecule has 1 saturated heterocycles. The second-order valence-corrected chi connectivity index (χ2v) is 4.93. The lowest BCUT2D eigenvalue weighted by Crippen LogP contribution is -2.46. The molecule has 0 amide bonds. The summed E-state index contributed by atoms with van der Waals surface area (Å²) in [4.78, 5) is 16.1. The Bertz CT molecular complexity index is 242. The molecule has 0 aromatic rings. The van der Waals surface area contributed by atoms with E-state index in [-0.39, 0.29) is 12.0 Å². The third-order valence-electron chi connectivity index (χ3n) is 3.50. The normalized spacial score (nSPS) is 18.9. The van der Waals surface area contributed by atoms with Gasteiger partial charge in [0.1, 0.15) is 0 Å². The predicted molar refractivity (Wildman–Crippen MR) is 72.7 cm³/mol. The van der Waals surface area contributed by atoms with Crippen LogP contribution < -0.4 is 5.32 Å². The highest BCUT2D eigenvalue weighted by molar-refractivity contribution is 5.69. The molecule has 0 spiro atoms. The maximum Gasteiger partial charge on any atom is 0.307 e. The lowest BCUT2D eigenvalue weighted by Gasteiger charge is -2.31. The molecule has 1 atom stereocenters. The van der Waals surface area contributed by atoms with Crippen LogP contribution in [0.4, 0.5) is 0 Å². The van der Waals surface area contributed by atoms with E-state index in [4.69, 9.17) is 4.74 Å². The van der Waals surface area contributed by atoms with Crippen LogP contribution in [0.25, 0.3) is 0 Å². The molecule has 0 radical (unpaired) electrons. The summed E-state index contributed by atoms with van der Waals surface area (Å²) in [6.07, 6.45) is 0.478. The van der Waals surface area contributed by atoms with Gasteiger partial charge in [0, 0.05) is 45.3 Å². The van der Waals surface area contributed by atoms with Gasteiger partial charge in [-0.2, -0.15) is 0 Å². The van der Waals surface area contributed by atoms with Crippen LogP contribution >= 0.6 is 0 Å². The molecule has 5 heteroatoms. The summed E-state index contributed by atoms with van der Waals surface area (Å²) in [5.41, 5.74) is 0. The number of piperazine rings is 1. The van der Waals surface area contributed by atoms with Gasteiger partial charge in [0.2, 0.25) is 0 Å². The van der Waals surface area contributed by atoms with Gasteiger partial charge in [-0.3, -0.25) is 9.69 Å². The molecule has 1 heterocycles. The molecule has 1 rings (SSSR count). The zero-order valence-corrected chi connectivity index (χ0v) is 11.9. The summed E-state index contributed by atoms with van der Waals surface area (Å²) in [5.74, 6) is -0.0981. The van der Waals surface area contributed by atoms with Crippen molar-refractivity contribution in [3.05, 3.63) is 0 Å². The highest BCUT2D eigenvalue weighted by atomic mass is 16.5. The Kier molecular flexibility index (Phi) is 7.23. The van der Waals surface area contributed by atoms with Crippen molar-refractivity contribution in [3.63, 3.8) is 0 Å². The Balaban J connectivity index is 2.17. The molecule has 0 aliphatic carbocycles. The average molecular weight is 257 g/mol. The monoisotopic (exact) mass is 257 g/mol. The number of esters is 1. The Hall–Kier alpha value is -0.650. The van der Waals surface area contributed by atoms with Crippen molar-refractivity contribution < 1.29 is 9.53 Å². The van der Waals surface area contributed by atoms with Crippen LogP contribution in [-0.2, 0) is 9.53 Å². The summed E-state index contributed by atoms with van der Waals surface area (Å²) in [7, 11) is 2.08. The minimum atomic E-state index is -0.0981. The standard InChI is InChI=1S/C13H27N3O2/c1-4-18-13(17)11-12(2)15(3)9-10-16-7-5-14-6-8-16/h12,14H,4-11H2,1-3H3. The fraction of sp³-hybridized carbons (Fsp3) is 0.923. The third-order valence-corrected chi connectivity index (χ3v) is 3.50. The van der Waals surface area contributed by atoms with E-state index < -0.39 is 0 Å². The molecule has 1 unspecified atom stereocenters.